The highest BCUT2D eigenvalue weighted by Crippen LogP contribution is 2.20. The van der Waals surface area contributed by atoms with Crippen molar-refractivity contribution in [2.45, 2.75) is 38.1 Å². The van der Waals surface area contributed by atoms with Crippen molar-refractivity contribution in [2.24, 2.45) is 0 Å². The molecule has 2 saturated heterocycles. The molecule has 0 saturated carbocycles. The van der Waals surface area contributed by atoms with Gasteiger partial charge >= 0.3 is 0 Å². The fraction of sp³-hybridized carbons (Fsp3) is 0.667. The number of nitrogens with zero attached hydrogens (tertiary/aromatic N) is 3. The molecule has 2 fully saturated rings. The van der Waals surface area contributed by atoms with Crippen LogP contribution in [-0.4, -0.2) is 72.3 Å². The van der Waals surface area contributed by atoms with Gasteiger partial charge in [-0.2, -0.15) is 0 Å². The van der Waals surface area contributed by atoms with Crippen molar-refractivity contribution in [1.29, 1.82) is 0 Å². The fourth-order valence-electron chi connectivity index (χ4n) is 3.67. The van der Waals surface area contributed by atoms with E-state index in [1.165, 1.54) is 25.5 Å². The second-order valence-electron chi connectivity index (χ2n) is 6.82. The molecule has 6 heteroatoms. The van der Waals surface area contributed by atoms with Gasteiger partial charge in [0.05, 0.1) is 6.26 Å². The highest BCUT2D eigenvalue weighted by Gasteiger charge is 2.27. The summed E-state index contributed by atoms with van der Waals surface area (Å²) in [7, 11) is 2.16. The van der Waals surface area contributed by atoms with Gasteiger partial charge in [0, 0.05) is 38.6 Å². The van der Waals surface area contributed by atoms with Crippen LogP contribution >= 0.6 is 0 Å². The standard InChI is InChI=1S/C18H27N3O3/c1-19-9-3-2-5-15(19)7-8-17(22)20-10-12-21(13-11-20)18(23)16-6-4-14-24-16/h4,6,14-15H,2-3,5,7-13H2,1H3. The minimum atomic E-state index is -0.0871. The molecule has 3 heterocycles. The number of hydrogen-bond donors (Lipinski definition) is 0. The number of likely N-dealkylation sites (tertiary alicyclic amines) is 1. The Kier molecular flexibility index (Phi) is 5.56. The third kappa shape index (κ3) is 3.98. The van der Waals surface area contributed by atoms with E-state index in [2.05, 4.69) is 11.9 Å². The summed E-state index contributed by atoms with van der Waals surface area (Å²) in [5.74, 6) is 0.505. The molecule has 2 aliphatic heterocycles. The summed E-state index contributed by atoms with van der Waals surface area (Å²) in [4.78, 5) is 30.7. The van der Waals surface area contributed by atoms with Gasteiger partial charge < -0.3 is 19.1 Å². The Morgan fingerprint density at radius 3 is 2.54 bits per heavy atom. The molecule has 0 N–H and O–H groups in total. The second-order valence-corrected chi connectivity index (χ2v) is 6.82. The Labute approximate surface area is 143 Å². The van der Waals surface area contributed by atoms with Crippen LogP contribution in [0.15, 0.2) is 22.8 Å². The Morgan fingerprint density at radius 1 is 1.12 bits per heavy atom. The van der Waals surface area contributed by atoms with Crippen molar-refractivity contribution >= 4 is 11.8 Å². The van der Waals surface area contributed by atoms with Gasteiger partial charge in [-0.1, -0.05) is 6.42 Å². The van der Waals surface area contributed by atoms with Crippen LogP contribution < -0.4 is 0 Å². The molecule has 0 spiro atoms. The van der Waals surface area contributed by atoms with Gasteiger partial charge in [0.2, 0.25) is 5.91 Å². The van der Waals surface area contributed by atoms with E-state index >= 15 is 0 Å². The van der Waals surface area contributed by atoms with E-state index in [9.17, 15) is 9.59 Å². The van der Waals surface area contributed by atoms with Crippen LogP contribution in [0.25, 0.3) is 0 Å². The summed E-state index contributed by atoms with van der Waals surface area (Å²) in [5, 5.41) is 0. The lowest BCUT2D eigenvalue weighted by molar-refractivity contribution is -0.133. The third-order valence-electron chi connectivity index (χ3n) is 5.26. The first-order valence-corrected chi connectivity index (χ1v) is 8.96. The molecule has 0 radical (unpaired) electrons. The molecule has 6 nitrogen and oxygen atoms in total. The van der Waals surface area contributed by atoms with Crippen molar-refractivity contribution in [3.05, 3.63) is 24.2 Å². The monoisotopic (exact) mass is 333 g/mol. The van der Waals surface area contributed by atoms with Crippen LogP contribution in [0.5, 0.6) is 0 Å². The van der Waals surface area contributed by atoms with Gasteiger partial charge in [0.25, 0.3) is 5.91 Å². The summed E-state index contributed by atoms with van der Waals surface area (Å²) in [6.07, 6.45) is 6.82. The van der Waals surface area contributed by atoms with E-state index in [1.807, 2.05) is 4.90 Å². The number of carbonyl (C=O) groups excluding carboxylic acids is 2. The molecule has 24 heavy (non-hydrogen) atoms. The van der Waals surface area contributed by atoms with Crippen LogP contribution in [0, 0.1) is 0 Å². The van der Waals surface area contributed by atoms with E-state index in [0.717, 1.165) is 13.0 Å². The molecule has 2 amide bonds. The lowest BCUT2D eigenvalue weighted by Crippen LogP contribution is -2.50. The van der Waals surface area contributed by atoms with Crippen LogP contribution in [0.3, 0.4) is 0 Å². The van der Waals surface area contributed by atoms with Crippen molar-refractivity contribution < 1.29 is 14.0 Å². The molecular formula is C18H27N3O3. The molecular weight excluding hydrogens is 306 g/mol. The van der Waals surface area contributed by atoms with Gasteiger partial charge in [-0.05, 0) is 45.0 Å². The average molecular weight is 333 g/mol. The van der Waals surface area contributed by atoms with Crippen molar-refractivity contribution in [3.8, 4) is 0 Å². The Morgan fingerprint density at radius 2 is 1.88 bits per heavy atom. The van der Waals surface area contributed by atoms with E-state index in [-0.39, 0.29) is 11.8 Å². The Balaban J connectivity index is 1.42. The lowest BCUT2D eigenvalue weighted by Gasteiger charge is -2.36. The zero-order valence-electron chi connectivity index (χ0n) is 14.4. The summed E-state index contributed by atoms with van der Waals surface area (Å²) < 4.78 is 5.16. The first-order valence-electron chi connectivity index (χ1n) is 8.96. The van der Waals surface area contributed by atoms with Gasteiger partial charge in [-0.3, -0.25) is 9.59 Å². The molecule has 1 aromatic rings. The van der Waals surface area contributed by atoms with Crippen molar-refractivity contribution in [3.63, 3.8) is 0 Å². The topological polar surface area (TPSA) is 57.0 Å². The van der Waals surface area contributed by atoms with E-state index in [4.69, 9.17) is 4.42 Å². The number of furan rings is 1. The molecule has 0 bridgehead atoms. The second kappa shape index (κ2) is 7.83. The fourth-order valence-corrected chi connectivity index (χ4v) is 3.67. The summed E-state index contributed by atoms with van der Waals surface area (Å²) in [6.45, 7) is 3.53. The molecule has 1 atom stereocenters. The largest absolute Gasteiger partial charge is 0.459 e. The maximum absolute atomic E-state index is 12.4. The number of piperidine rings is 1. The quantitative estimate of drug-likeness (QED) is 0.843. The van der Waals surface area contributed by atoms with Crippen molar-refractivity contribution in [2.75, 3.05) is 39.8 Å². The van der Waals surface area contributed by atoms with Gasteiger partial charge in [0.1, 0.15) is 0 Å². The Hall–Kier alpha value is -1.82. The zero-order valence-corrected chi connectivity index (χ0v) is 14.4. The predicted octanol–water partition coefficient (Wildman–Crippen LogP) is 1.83. The molecule has 132 valence electrons. The van der Waals surface area contributed by atoms with Gasteiger partial charge in [-0.25, -0.2) is 0 Å². The number of piperazine rings is 1. The maximum Gasteiger partial charge on any atom is 0.289 e. The maximum atomic E-state index is 12.4. The molecule has 0 aromatic carbocycles. The summed E-state index contributed by atoms with van der Waals surface area (Å²) >= 11 is 0. The van der Waals surface area contributed by atoms with Gasteiger partial charge in [0.15, 0.2) is 5.76 Å². The average Bonchev–Trinajstić information content (AvgIpc) is 3.15. The first-order chi connectivity index (χ1) is 11.6. The zero-order chi connectivity index (χ0) is 16.9. The van der Waals surface area contributed by atoms with Crippen LogP contribution in [-0.2, 0) is 4.79 Å². The molecule has 0 aliphatic carbocycles. The molecule has 2 aliphatic rings. The van der Waals surface area contributed by atoms with Crippen LogP contribution in [0.1, 0.15) is 42.7 Å². The summed E-state index contributed by atoms with van der Waals surface area (Å²) in [5.41, 5.74) is 0. The first kappa shape index (κ1) is 17.0. The minimum absolute atomic E-state index is 0.0871. The summed E-state index contributed by atoms with van der Waals surface area (Å²) in [6, 6.07) is 3.94. The molecule has 3 rings (SSSR count). The normalized spacial score (nSPS) is 22.6. The number of carbonyl (C=O) groups is 2. The Bertz CT molecular complexity index is 550. The van der Waals surface area contributed by atoms with Crippen LogP contribution in [0.2, 0.25) is 0 Å². The van der Waals surface area contributed by atoms with E-state index < -0.39 is 0 Å². The third-order valence-corrected chi connectivity index (χ3v) is 5.26. The number of hydrogen-bond acceptors (Lipinski definition) is 4. The predicted molar refractivity (Wildman–Crippen MR) is 90.7 cm³/mol. The SMILES string of the molecule is CN1CCCCC1CCC(=O)N1CCN(C(=O)c2ccco2)CC1. The molecule has 1 aromatic heterocycles. The van der Waals surface area contributed by atoms with E-state index in [1.54, 1.807) is 17.0 Å². The number of amides is 2. The lowest BCUT2D eigenvalue weighted by atomic mass is 9.98. The highest BCUT2D eigenvalue weighted by molar-refractivity contribution is 5.91. The smallest absolute Gasteiger partial charge is 0.289 e. The van der Waals surface area contributed by atoms with E-state index in [0.29, 0.717) is 44.4 Å². The minimum Gasteiger partial charge on any atom is -0.459 e. The van der Waals surface area contributed by atoms with Crippen LogP contribution in [0.4, 0.5) is 0 Å². The molecule has 1 unspecified atom stereocenters. The number of rotatable bonds is 4. The highest BCUT2D eigenvalue weighted by atomic mass is 16.3. The van der Waals surface area contributed by atoms with Crippen molar-refractivity contribution in [1.82, 2.24) is 14.7 Å². The van der Waals surface area contributed by atoms with Gasteiger partial charge in [-0.15, -0.1) is 0 Å².